The van der Waals surface area contributed by atoms with Crippen LogP contribution in [0.1, 0.15) is 6.42 Å². The molecule has 2 aromatic carbocycles. The first-order valence-electron chi connectivity index (χ1n) is 6.28. The number of carbonyl (C=O) groups excluding carboxylic acids is 1. The number of halogens is 2. The molecule has 6 heteroatoms. The molecule has 0 aliphatic rings. The van der Waals surface area contributed by atoms with Crippen molar-refractivity contribution in [2.45, 2.75) is 6.42 Å². The maximum Gasteiger partial charge on any atom is 0.227 e. The molecule has 0 aromatic heterocycles. The number of nitrogen functional groups attached to an aromatic ring is 1. The molecule has 0 aliphatic heterocycles. The summed E-state index contributed by atoms with van der Waals surface area (Å²) < 4.78 is 6.31. The molecule has 0 fully saturated rings. The average Bonchev–Trinajstić information content (AvgIpc) is 2.45. The normalized spacial score (nSPS) is 10.2. The van der Waals surface area contributed by atoms with Crippen molar-refractivity contribution in [2.24, 2.45) is 0 Å². The predicted molar refractivity (Wildman–Crippen MR) is 88.7 cm³/mol. The van der Waals surface area contributed by atoms with E-state index in [1.54, 1.807) is 36.4 Å². The number of nitrogens with two attached hydrogens (primary N) is 1. The van der Waals surface area contributed by atoms with Gasteiger partial charge in [-0.25, -0.2) is 0 Å². The van der Waals surface area contributed by atoms with Gasteiger partial charge in [-0.2, -0.15) is 0 Å². The maximum absolute atomic E-state index is 11.8. The largest absolute Gasteiger partial charge is 0.493 e. The minimum atomic E-state index is -0.162. The third-order valence-electron chi connectivity index (χ3n) is 2.68. The van der Waals surface area contributed by atoms with Crippen LogP contribution in [-0.4, -0.2) is 12.5 Å². The second-order valence-electron chi connectivity index (χ2n) is 4.34. The summed E-state index contributed by atoms with van der Waals surface area (Å²) in [4.78, 5) is 11.8. The van der Waals surface area contributed by atoms with E-state index >= 15 is 0 Å². The van der Waals surface area contributed by atoms with Gasteiger partial charge in [0.25, 0.3) is 0 Å². The number of carbonyl (C=O) groups is 1. The summed E-state index contributed by atoms with van der Waals surface area (Å²) >= 11 is 9.34. The summed E-state index contributed by atoms with van der Waals surface area (Å²) in [6.45, 7) is 0.279. The first-order valence-corrected chi connectivity index (χ1v) is 7.45. The summed E-state index contributed by atoms with van der Waals surface area (Å²) in [5.74, 6) is 0.517. The highest BCUT2D eigenvalue weighted by Crippen LogP contribution is 2.25. The molecule has 0 radical (unpaired) electrons. The van der Waals surface area contributed by atoms with Crippen LogP contribution in [0.3, 0.4) is 0 Å². The summed E-state index contributed by atoms with van der Waals surface area (Å²) in [6.07, 6.45) is 0.229. The lowest BCUT2D eigenvalue weighted by atomic mass is 10.3. The van der Waals surface area contributed by atoms with Gasteiger partial charge in [-0.3, -0.25) is 4.79 Å². The lowest BCUT2D eigenvalue weighted by Crippen LogP contribution is -2.15. The van der Waals surface area contributed by atoms with Gasteiger partial charge < -0.3 is 15.8 Å². The maximum atomic E-state index is 11.8. The Morgan fingerprint density at radius 1 is 1.24 bits per heavy atom. The SMILES string of the molecule is Nc1ccc(OCCC(=O)Nc2cc(Br)ccc2Cl)cc1. The number of amides is 1. The highest BCUT2D eigenvalue weighted by atomic mass is 79.9. The molecule has 0 bridgehead atoms. The number of hydrogen-bond acceptors (Lipinski definition) is 3. The molecule has 0 aliphatic carbocycles. The molecule has 0 saturated carbocycles. The Morgan fingerprint density at radius 3 is 2.67 bits per heavy atom. The molecule has 21 heavy (non-hydrogen) atoms. The van der Waals surface area contributed by atoms with Gasteiger partial charge in [0.15, 0.2) is 0 Å². The molecule has 0 atom stereocenters. The molecule has 4 nitrogen and oxygen atoms in total. The molecule has 2 aromatic rings. The van der Waals surface area contributed by atoms with Crippen molar-refractivity contribution >= 4 is 44.8 Å². The van der Waals surface area contributed by atoms with Crippen molar-refractivity contribution in [3.05, 3.63) is 52.0 Å². The molecule has 2 rings (SSSR count). The minimum absolute atomic E-state index is 0.162. The highest BCUT2D eigenvalue weighted by Gasteiger charge is 2.07. The van der Waals surface area contributed by atoms with E-state index in [-0.39, 0.29) is 18.9 Å². The van der Waals surface area contributed by atoms with Crippen molar-refractivity contribution in [1.82, 2.24) is 0 Å². The van der Waals surface area contributed by atoms with Gasteiger partial charge in [-0.15, -0.1) is 0 Å². The van der Waals surface area contributed by atoms with Gasteiger partial charge in [0.05, 0.1) is 23.7 Å². The van der Waals surface area contributed by atoms with Crippen LogP contribution in [0.25, 0.3) is 0 Å². The van der Waals surface area contributed by atoms with E-state index in [9.17, 15) is 4.79 Å². The van der Waals surface area contributed by atoms with Crippen LogP contribution < -0.4 is 15.8 Å². The predicted octanol–water partition coefficient (Wildman–Crippen LogP) is 4.09. The Morgan fingerprint density at radius 2 is 1.95 bits per heavy atom. The Labute approximate surface area is 136 Å². The van der Waals surface area contributed by atoms with Crippen molar-refractivity contribution in [3.63, 3.8) is 0 Å². The fourth-order valence-corrected chi connectivity index (χ4v) is 2.16. The number of anilines is 2. The van der Waals surface area contributed by atoms with Crippen LogP contribution in [0.5, 0.6) is 5.75 Å². The first-order chi connectivity index (χ1) is 10.0. The third-order valence-corrected chi connectivity index (χ3v) is 3.50. The fourth-order valence-electron chi connectivity index (χ4n) is 1.63. The standard InChI is InChI=1S/C15H14BrClN2O2/c16-10-1-6-13(17)14(9-10)19-15(20)7-8-21-12-4-2-11(18)3-5-12/h1-6,9H,7-8,18H2,(H,19,20). The van der Waals surface area contributed by atoms with Gasteiger partial charge in [-0.1, -0.05) is 27.5 Å². The molecule has 0 heterocycles. The molecule has 0 unspecified atom stereocenters. The molecule has 3 N–H and O–H groups in total. The fraction of sp³-hybridized carbons (Fsp3) is 0.133. The van der Waals surface area contributed by atoms with Crippen molar-refractivity contribution in [2.75, 3.05) is 17.7 Å². The zero-order chi connectivity index (χ0) is 15.2. The Bertz CT molecular complexity index is 632. The van der Waals surface area contributed by atoms with Crippen molar-refractivity contribution in [1.29, 1.82) is 0 Å². The Kier molecular flexibility index (Phi) is 5.47. The molecule has 0 saturated heterocycles. The topological polar surface area (TPSA) is 64.3 Å². The van der Waals surface area contributed by atoms with E-state index in [1.807, 2.05) is 6.07 Å². The lowest BCUT2D eigenvalue weighted by Gasteiger charge is -2.09. The van der Waals surface area contributed by atoms with Crippen LogP contribution in [0.15, 0.2) is 46.9 Å². The van der Waals surface area contributed by atoms with E-state index in [0.717, 1.165) is 4.47 Å². The average molecular weight is 370 g/mol. The number of benzene rings is 2. The van der Waals surface area contributed by atoms with E-state index < -0.39 is 0 Å². The number of rotatable bonds is 5. The summed E-state index contributed by atoms with van der Waals surface area (Å²) in [5, 5.41) is 3.24. The Hall–Kier alpha value is -1.72. The molecular formula is C15H14BrClN2O2. The van der Waals surface area contributed by atoms with Crippen LogP contribution in [-0.2, 0) is 4.79 Å². The lowest BCUT2D eigenvalue weighted by molar-refractivity contribution is -0.116. The monoisotopic (exact) mass is 368 g/mol. The van der Waals surface area contributed by atoms with Crippen LogP contribution in [0, 0.1) is 0 Å². The van der Waals surface area contributed by atoms with E-state index in [2.05, 4.69) is 21.2 Å². The zero-order valence-electron chi connectivity index (χ0n) is 11.1. The van der Waals surface area contributed by atoms with Crippen LogP contribution >= 0.6 is 27.5 Å². The van der Waals surface area contributed by atoms with Gasteiger partial charge in [0.2, 0.25) is 5.91 Å². The van der Waals surface area contributed by atoms with Gasteiger partial charge in [-0.05, 0) is 42.5 Å². The van der Waals surface area contributed by atoms with Crippen molar-refractivity contribution < 1.29 is 9.53 Å². The van der Waals surface area contributed by atoms with Crippen LogP contribution in [0.4, 0.5) is 11.4 Å². The number of hydrogen-bond donors (Lipinski definition) is 2. The van der Waals surface area contributed by atoms with E-state index in [1.165, 1.54) is 0 Å². The smallest absolute Gasteiger partial charge is 0.227 e. The van der Waals surface area contributed by atoms with Crippen LogP contribution in [0.2, 0.25) is 5.02 Å². The van der Waals surface area contributed by atoms with Gasteiger partial charge in [0.1, 0.15) is 5.75 Å². The second kappa shape index (κ2) is 7.33. The highest BCUT2D eigenvalue weighted by molar-refractivity contribution is 9.10. The zero-order valence-corrected chi connectivity index (χ0v) is 13.4. The summed E-state index contributed by atoms with van der Waals surface area (Å²) in [5.41, 5.74) is 6.82. The second-order valence-corrected chi connectivity index (χ2v) is 5.66. The molecule has 0 spiro atoms. The van der Waals surface area contributed by atoms with E-state index in [0.29, 0.717) is 22.1 Å². The molecule has 1 amide bonds. The number of nitrogens with one attached hydrogen (secondary N) is 1. The van der Waals surface area contributed by atoms with E-state index in [4.69, 9.17) is 22.1 Å². The number of ether oxygens (including phenoxy) is 1. The minimum Gasteiger partial charge on any atom is -0.493 e. The molecular weight excluding hydrogens is 356 g/mol. The van der Waals surface area contributed by atoms with Gasteiger partial charge in [0, 0.05) is 10.2 Å². The van der Waals surface area contributed by atoms with Gasteiger partial charge >= 0.3 is 0 Å². The summed E-state index contributed by atoms with van der Waals surface area (Å²) in [6, 6.07) is 12.3. The Balaban J connectivity index is 1.82. The summed E-state index contributed by atoms with van der Waals surface area (Å²) in [7, 11) is 0. The quantitative estimate of drug-likeness (QED) is 0.780. The first kappa shape index (κ1) is 15.7. The molecule has 110 valence electrons. The van der Waals surface area contributed by atoms with Crippen molar-refractivity contribution in [3.8, 4) is 5.75 Å². The third kappa shape index (κ3) is 4.95.